The highest BCUT2D eigenvalue weighted by molar-refractivity contribution is 6.08. The number of nitro groups is 1. The van der Waals surface area contributed by atoms with E-state index in [4.69, 9.17) is 0 Å². The second-order valence-corrected chi connectivity index (χ2v) is 9.66. The van der Waals surface area contributed by atoms with Gasteiger partial charge in [-0.15, -0.1) is 0 Å². The van der Waals surface area contributed by atoms with E-state index in [0.29, 0.717) is 12.1 Å². The Morgan fingerprint density at radius 2 is 1.34 bits per heavy atom. The molecular weight excluding hydrogens is 444 g/mol. The molecule has 2 rings (SSSR count). The van der Waals surface area contributed by atoms with Crippen molar-refractivity contribution in [2.24, 2.45) is 0 Å². The number of Topliss-reactive ketones (excluding diaryl/α,β-unsaturated/α-hetero) is 1. The second-order valence-electron chi connectivity index (χ2n) is 9.66. The van der Waals surface area contributed by atoms with E-state index in [2.05, 4.69) is 6.92 Å². The van der Waals surface area contributed by atoms with Crippen LogP contribution in [0.2, 0.25) is 0 Å². The second kappa shape index (κ2) is 15.3. The minimum Gasteiger partial charge on any atom is -0.503 e. The van der Waals surface area contributed by atoms with Crippen LogP contribution in [0.25, 0.3) is 0 Å². The van der Waals surface area contributed by atoms with Gasteiger partial charge in [-0.1, -0.05) is 90.4 Å². The number of nitro benzene ring substituents is 1. The molecule has 1 atom stereocenters. The van der Waals surface area contributed by atoms with Crippen molar-refractivity contribution >= 4 is 17.4 Å². The van der Waals surface area contributed by atoms with Crippen LogP contribution < -0.4 is 0 Å². The van der Waals surface area contributed by atoms with Gasteiger partial charge in [-0.3, -0.25) is 19.7 Å². The molecule has 0 aromatic heterocycles. The van der Waals surface area contributed by atoms with Crippen molar-refractivity contribution in [1.29, 1.82) is 0 Å². The van der Waals surface area contributed by atoms with Gasteiger partial charge in [0.1, 0.15) is 0 Å². The maximum atomic E-state index is 12.7. The van der Waals surface area contributed by atoms with Gasteiger partial charge in [0.05, 0.1) is 16.5 Å². The molecule has 0 fully saturated rings. The minimum atomic E-state index is -0.706. The summed E-state index contributed by atoms with van der Waals surface area (Å²) in [6, 6.07) is 5.11. The highest BCUT2D eigenvalue weighted by atomic mass is 16.6. The highest BCUT2D eigenvalue weighted by Crippen LogP contribution is 2.38. The monoisotopic (exact) mass is 486 g/mol. The van der Waals surface area contributed by atoms with Crippen LogP contribution in [0, 0.1) is 10.1 Å². The molecule has 1 heterocycles. The van der Waals surface area contributed by atoms with E-state index in [9.17, 15) is 24.8 Å². The molecule has 1 aliphatic heterocycles. The van der Waals surface area contributed by atoms with E-state index >= 15 is 0 Å². The number of amides is 1. The zero-order valence-electron chi connectivity index (χ0n) is 21.5. The fourth-order valence-corrected chi connectivity index (χ4v) is 4.85. The van der Waals surface area contributed by atoms with E-state index < -0.39 is 22.6 Å². The van der Waals surface area contributed by atoms with Crippen LogP contribution in [0.15, 0.2) is 35.6 Å². The first-order chi connectivity index (χ1) is 16.9. The first-order valence-corrected chi connectivity index (χ1v) is 13.4. The summed E-state index contributed by atoms with van der Waals surface area (Å²) in [7, 11) is 0. The molecule has 0 radical (unpaired) electrons. The molecule has 1 amide bonds. The fraction of sp³-hybridized carbons (Fsp3) is 0.643. The number of non-ortho nitro benzene ring substituents is 1. The summed E-state index contributed by atoms with van der Waals surface area (Å²) in [6.07, 6.45) is 17.3. The first-order valence-electron chi connectivity index (χ1n) is 13.4. The summed E-state index contributed by atoms with van der Waals surface area (Å²) in [5.74, 6) is -1.43. The predicted octanol–water partition coefficient (Wildman–Crippen LogP) is 7.36. The molecule has 7 nitrogen and oxygen atoms in total. The Labute approximate surface area is 209 Å². The van der Waals surface area contributed by atoms with Crippen molar-refractivity contribution in [2.75, 3.05) is 6.54 Å². The first kappa shape index (κ1) is 28.5. The van der Waals surface area contributed by atoms with Gasteiger partial charge in [0.15, 0.2) is 11.5 Å². The van der Waals surface area contributed by atoms with Gasteiger partial charge in [-0.05, 0) is 31.0 Å². The normalized spacial score (nSPS) is 15.8. The van der Waals surface area contributed by atoms with E-state index in [0.717, 1.165) is 19.3 Å². The Hall–Kier alpha value is -2.70. The zero-order chi connectivity index (χ0) is 25.6. The van der Waals surface area contributed by atoms with Gasteiger partial charge in [0.2, 0.25) is 0 Å². The van der Waals surface area contributed by atoms with Crippen LogP contribution in [-0.2, 0) is 9.59 Å². The summed E-state index contributed by atoms with van der Waals surface area (Å²) >= 11 is 0. The average molecular weight is 487 g/mol. The number of aliphatic hydroxyl groups is 1. The molecule has 1 unspecified atom stereocenters. The molecule has 0 saturated heterocycles. The molecule has 0 bridgehead atoms. The smallest absolute Gasteiger partial charge is 0.290 e. The maximum Gasteiger partial charge on any atom is 0.290 e. The number of hydrogen-bond donors (Lipinski definition) is 1. The van der Waals surface area contributed by atoms with E-state index in [1.54, 1.807) is 12.1 Å². The molecule has 0 saturated carbocycles. The number of unbranched alkanes of at least 4 members (excludes halogenated alkanes) is 13. The van der Waals surface area contributed by atoms with E-state index in [1.165, 1.54) is 94.6 Å². The number of hydrogen-bond acceptors (Lipinski definition) is 5. The largest absolute Gasteiger partial charge is 0.503 e. The molecule has 1 aromatic carbocycles. The predicted molar refractivity (Wildman–Crippen MR) is 138 cm³/mol. The highest BCUT2D eigenvalue weighted by Gasteiger charge is 2.42. The molecule has 35 heavy (non-hydrogen) atoms. The zero-order valence-corrected chi connectivity index (χ0v) is 21.5. The van der Waals surface area contributed by atoms with Crippen LogP contribution in [-0.4, -0.2) is 33.2 Å². The Morgan fingerprint density at radius 1 is 0.886 bits per heavy atom. The lowest BCUT2D eigenvalue weighted by Crippen LogP contribution is -2.32. The lowest BCUT2D eigenvalue weighted by atomic mass is 9.96. The molecule has 194 valence electrons. The molecule has 1 aromatic rings. The summed E-state index contributed by atoms with van der Waals surface area (Å²) in [5, 5.41) is 21.3. The summed E-state index contributed by atoms with van der Waals surface area (Å²) in [4.78, 5) is 36.9. The van der Waals surface area contributed by atoms with Gasteiger partial charge >= 0.3 is 0 Å². The lowest BCUT2D eigenvalue weighted by molar-refractivity contribution is -0.384. The van der Waals surface area contributed by atoms with Crippen LogP contribution in [0.4, 0.5) is 5.69 Å². The van der Waals surface area contributed by atoms with Crippen molar-refractivity contribution < 1.29 is 19.6 Å². The molecule has 0 aliphatic carbocycles. The third-order valence-electron chi connectivity index (χ3n) is 6.86. The fourth-order valence-electron chi connectivity index (χ4n) is 4.85. The Kier molecular flexibility index (Phi) is 12.5. The summed E-state index contributed by atoms with van der Waals surface area (Å²) in [5.41, 5.74) is 0.590. The number of carbonyl (C=O) groups is 2. The standard InChI is InChI=1S/C28H42N2O5/c1-3-4-5-6-7-8-9-10-11-12-13-14-15-16-21-29-26(25(22(2)31)27(32)28(29)33)23-17-19-24(20-18-23)30(34)35/h17-20,26,32H,3-16,21H2,1-2H3. The molecule has 7 heteroatoms. The van der Waals surface area contributed by atoms with Crippen molar-refractivity contribution in [1.82, 2.24) is 4.90 Å². The SMILES string of the molecule is CCCCCCCCCCCCCCCCN1C(=O)C(O)=C(C(C)=O)C1c1ccc([N+](=O)[O-])cc1. The van der Waals surface area contributed by atoms with Gasteiger partial charge in [-0.2, -0.15) is 0 Å². The van der Waals surface area contributed by atoms with Crippen molar-refractivity contribution in [3.05, 3.63) is 51.3 Å². The number of nitrogens with zero attached hydrogens (tertiary/aromatic N) is 2. The summed E-state index contributed by atoms with van der Waals surface area (Å²) < 4.78 is 0. The number of benzene rings is 1. The van der Waals surface area contributed by atoms with Crippen LogP contribution in [0.3, 0.4) is 0 Å². The molecule has 0 spiro atoms. The topological polar surface area (TPSA) is 101 Å². The van der Waals surface area contributed by atoms with Gasteiger partial charge < -0.3 is 10.0 Å². The molecule has 1 aliphatic rings. The Morgan fingerprint density at radius 3 is 1.77 bits per heavy atom. The van der Waals surface area contributed by atoms with Crippen LogP contribution in [0.5, 0.6) is 0 Å². The van der Waals surface area contributed by atoms with Gasteiger partial charge in [0.25, 0.3) is 11.6 Å². The Balaban J connectivity index is 1.74. The molecule has 1 N–H and O–H groups in total. The molecular formula is C28H42N2O5. The van der Waals surface area contributed by atoms with Gasteiger partial charge in [-0.25, -0.2) is 0 Å². The van der Waals surface area contributed by atoms with Crippen molar-refractivity contribution in [3.63, 3.8) is 0 Å². The number of carbonyl (C=O) groups excluding carboxylic acids is 2. The van der Waals surface area contributed by atoms with Crippen LogP contribution >= 0.6 is 0 Å². The Bertz CT molecular complexity index is 863. The van der Waals surface area contributed by atoms with Gasteiger partial charge in [0, 0.05) is 18.7 Å². The van der Waals surface area contributed by atoms with Crippen LogP contribution in [0.1, 0.15) is 115 Å². The maximum absolute atomic E-state index is 12.7. The minimum absolute atomic E-state index is 0.0610. The quantitative estimate of drug-likeness (QED) is 0.133. The third kappa shape index (κ3) is 8.79. The number of aliphatic hydroxyl groups excluding tert-OH is 1. The average Bonchev–Trinajstić information content (AvgIpc) is 3.09. The lowest BCUT2D eigenvalue weighted by Gasteiger charge is -2.26. The van der Waals surface area contributed by atoms with Crippen molar-refractivity contribution in [2.45, 2.75) is 110 Å². The third-order valence-corrected chi connectivity index (χ3v) is 6.86. The van der Waals surface area contributed by atoms with Crippen molar-refractivity contribution in [3.8, 4) is 0 Å². The summed E-state index contributed by atoms with van der Waals surface area (Å²) in [6.45, 7) is 4.00. The van der Waals surface area contributed by atoms with E-state index in [1.807, 2.05) is 0 Å². The number of rotatable bonds is 18. The van der Waals surface area contributed by atoms with E-state index in [-0.39, 0.29) is 17.0 Å². The number of ketones is 1.